The van der Waals surface area contributed by atoms with Gasteiger partial charge in [-0.25, -0.2) is 4.21 Å². The van der Waals surface area contributed by atoms with Crippen LogP contribution in [0.1, 0.15) is 22.8 Å². The maximum atomic E-state index is 13.2. The zero-order valence-electron chi connectivity index (χ0n) is 20.6. The van der Waals surface area contributed by atoms with Crippen molar-refractivity contribution in [2.75, 3.05) is 49.4 Å². The molecule has 36 heavy (non-hydrogen) atoms. The summed E-state index contributed by atoms with van der Waals surface area (Å²) in [6, 6.07) is 12.4. The van der Waals surface area contributed by atoms with Crippen molar-refractivity contribution in [2.24, 2.45) is 0 Å². The van der Waals surface area contributed by atoms with E-state index in [1.165, 1.54) is 0 Å². The van der Waals surface area contributed by atoms with Crippen molar-refractivity contribution < 1.29 is 22.2 Å². The minimum atomic E-state index is -4.24. The van der Waals surface area contributed by atoms with Gasteiger partial charge in [0, 0.05) is 50.1 Å². The monoisotopic (exact) mass is 520 g/mol. The molecule has 1 heterocycles. The number of aryl methyl sites for hydroxylation is 1. The summed E-state index contributed by atoms with van der Waals surface area (Å²) in [5, 5.41) is 2.40. The van der Waals surface area contributed by atoms with E-state index in [9.17, 15) is 22.2 Å². The molecule has 0 radical (unpaired) electrons. The number of nitrogens with one attached hydrogen (secondary N) is 2. The van der Waals surface area contributed by atoms with Crippen LogP contribution in [-0.4, -0.2) is 60.8 Å². The van der Waals surface area contributed by atoms with Gasteiger partial charge in [0.05, 0.1) is 17.1 Å². The van der Waals surface area contributed by atoms with Crippen molar-refractivity contribution in [1.29, 1.82) is 0 Å². The van der Waals surface area contributed by atoms with E-state index in [-0.39, 0.29) is 12.3 Å². The number of alkyl halides is 3. The Morgan fingerprint density at radius 2 is 1.89 bits per heavy atom. The molecular formula is C26H31F3N4O2S. The summed E-state index contributed by atoms with van der Waals surface area (Å²) in [5.41, 5.74) is 3.25. The molecule has 0 saturated carbocycles. The van der Waals surface area contributed by atoms with Crippen LogP contribution < -0.4 is 14.9 Å². The Balaban J connectivity index is 1.68. The van der Waals surface area contributed by atoms with E-state index in [1.54, 1.807) is 42.5 Å². The molecule has 3 rings (SSSR count). The van der Waals surface area contributed by atoms with Crippen LogP contribution >= 0.6 is 0 Å². The first-order chi connectivity index (χ1) is 17.1. The molecule has 1 aliphatic rings. The van der Waals surface area contributed by atoms with Crippen molar-refractivity contribution in [3.8, 4) is 0 Å². The van der Waals surface area contributed by atoms with Gasteiger partial charge in [-0.1, -0.05) is 17.7 Å². The number of rotatable bonds is 11. The molecule has 2 N–H and O–H groups in total. The van der Waals surface area contributed by atoms with Crippen LogP contribution in [0.15, 0.2) is 71.3 Å². The van der Waals surface area contributed by atoms with Gasteiger partial charge in [0.1, 0.15) is 11.0 Å². The molecule has 0 amide bonds. The standard InChI is InChI=1S/C26H31F3N4O2S/c1-4-33(16-13-30-18-26(27,28)29)21-6-8-22(9-7-21)36(35)31-24-10-5-19(2)17-23(24)25(34)20-11-14-32(3)15-12-20/h5-12,14,17,30-31H,4,13,15-16,18H2,1-3H3. The molecule has 1 aliphatic heterocycles. The Labute approximate surface area is 212 Å². The summed E-state index contributed by atoms with van der Waals surface area (Å²) in [6.07, 6.45) is 1.24. The van der Waals surface area contributed by atoms with Crippen LogP contribution in [-0.2, 0) is 11.0 Å². The van der Waals surface area contributed by atoms with E-state index < -0.39 is 23.7 Å². The zero-order valence-corrected chi connectivity index (χ0v) is 21.4. The van der Waals surface area contributed by atoms with Crippen LogP contribution in [0.2, 0.25) is 0 Å². The third-order valence-corrected chi connectivity index (χ3v) is 6.78. The van der Waals surface area contributed by atoms with Gasteiger partial charge in [0.25, 0.3) is 0 Å². The Kier molecular flexibility index (Phi) is 9.33. The lowest BCUT2D eigenvalue weighted by molar-refractivity contribution is -0.124. The zero-order chi connectivity index (χ0) is 26.3. The summed E-state index contributed by atoms with van der Waals surface area (Å²) in [7, 11) is 0.301. The number of nitrogens with zero attached hydrogens (tertiary/aromatic N) is 2. The normalized spacial score (nSPS) is 14.4. The van der Waals surface area contributed by atoms with Gasteiger partial charge in [-0.15, -0.1) is 0 Å². The number of Topliss-reactive ketones (excluding diaryl/α,β-unsaturated/α-hetero) is 1. The molecule has 0 spiro atoms. The number of hydrogen-bond acceptors (Lipinski definition) is 5. The van der Waals surface area contributed by atoms with E-state index in [0.717, 1.165) is 11.3 Å². The van der Waals surface area contributed by atoms with Gasteiger partial charge >= 0.3 is 6.18 Å². The second-order valence-electron chi connectivity index (χ2n) is 8.53. The second kappa shape index (κ2) is 12.2. The molecule has 1 atom stereocenters. The number of carbonyl (C=O) groups excluding carboxylic acids is 1. The van der Waals surface area contributed by atoms with Gasteiger partial charge in [-0.3, -0.25) is 4.79 Å². The second-order valence-corrected chi connectivity index (χ2v) is 9.74. The maximum absolute atomic E-state index is 13.2. The van der Waals surface area contributed by atoms with Crippen molar-refractivity contribution in [3.05, 3.63) is 77.5 Å². The summed E-state index contributed by atoms with van der Waals surface area (Å²) in [4.78, 5) is 17.6. The van der Waals surface area contributed by atoms with Crippen molar-refractivity contribution in [3.63, 3.8) is 0 Å². The Morgan fingerprint density at radius 1 is 1.17 bits per heavy atom. The number of hydrogen-bond donors (Lipinski definition) is 2. The summed E-state index contributed by atoms with van der Waals surface area (Å²) < 4.78 is 53.0. The Hall–Kier alpha value is -3.11. The van der Waals surface area contributed by atoms with Crippen LogP contribution in [0, 0.1) is 6.92 Å². The molecule has 0 aliphatic carbocycles. The molecule has 1 unspecified atom stereocenters. The van der Waals surface area contributed by atoms with E-state index in [1.807, 2.05) is 49.0 Å². The lowest BCUT2D eigenvalue weighted by atomic mass is 9.98. The fourth-order valence-electron chi connectivity index (χ4n) is 3.69. The molecular weight excluding hydrogens is 489 g/mol. The SMILES string of the molecule is CCN(CCNCC(F)(F)F)c1ccc(S(=O)Nc2ccc(C)cc2C(=O)C2=CCN(C)C=C2)cc1. The van der Waals surface area contributed by atoms with E-state index in [4.69, 9.17) is 0 Å². The number of halogens is 3. The number of ketones is 1. The lowest BCUT2D eigenvalue weighted by Crippen LogP contribution is -2.36. The van der Waals surface area contributed by atoms with Crippen molar-refractivity contribution >= 4 is 28.1 Å². The quantitative estimate of drug-likeness (QED) is 0.333. The molecule has 0 fully saturated rings. The smallest absolute Gasteiger partial charge is 0.377 e. The maximum Gasteiger partial charge on any atom is 0.401 e. The Morgan fingerprint density at radius 3 is 2.50 bits per heavy atom. The first kappa shape index (κ1) is 27.5. The van der Waals surface area contributed by atoms with Gasteiger partial charge in [0.2, 0.25) is 0 Å². The largest absolute Gasteiger partial charge is 0.401 e. The molecule has 0 saturated heterocycles. The van der Waals surface area contributed by atoms with Crippen molar-refractivity contribution in [2.45, 2.75) is 24.9 Å². The first-order valence-corrected chi connectivity index (χ1v) is 12.8. The molecule has 2 aromatic carbocycles. The van der Waals surface area contributed by atoms with Gasteiger partial charge in [-0.2, -0.15) is 13.2 Å². The van der Waals surface area contributed by atoms with Gasteiger partial charge in [-0.05, 0) is 62.5 Å². The Bertz CT molecular complexity index is 1150. The fourth-order valence-corrected chi connectivity index (χ4v) is 4.57. The molecule has 6 nitrogen and oxygen atoms in total. The fraction of sp³-hybridized carbons (Fsp3) is 0.346. The predicted octanol–water partition coefficient (Wildman–Crippen LogP) is 4.68. The highest BCUT2D eigenvalue weighted by Gasteiger charge is 2.26. The highest BCUT2D eigenvalue weighted by molar-refractivity contribution is 7.86. The van der Waals surface area contributed by atoms with Crippen LogP contribution in [0.4, 0.5) is 24.5 Å². The molecule has 10 heteroatoms. The molecule has 194 valence electrons. The van der Waals surface area contributed by atoms with E-state index in [0.29, 0.717) is 41.4 Å². The highest BCUT2D eigenvalue weighted by atomic mass is 32.2. The number of benzene rings is 2. The predicted molar refractivity (Wildman–Crippen MR) is 139 cm³/mol. The minimum Gasteiger partial charge on any atom is -0.377 e. The summed E-state index contributed by atoms with van der Waals surface area (Å²) >= 11 is 0. The topological polar surface area (TPSA) is 64.7 Å². The van der Waals surface area contributed by atoms with Crippen LogP contribution in [0.5, 0.6) is 0 Å². The summed E-state index contributed by atoms with van der Waals surface area (Å²) in [5.74, 6) is -0.143. The molecule has 2 aromatic rings. The number of carbonyl (C=O) groups is 1. The highest BCUT2D eigenvalue weighted by Crippen LogP contribution is 2.25. The van der Waals surface area contributed by atoms with E-state index in [2.05, 4.69) is 10.0 Å². The van der Waals surface area contributed by atoms with Gasteiger partial charge in [0.15, 0.2) is 5.78 Å². The van der Waals surface area contributed by atoms with Crippen LogP contribution in [0.25, 0.3) is 0 Å². The van der Waals surface area contributed by atoms with Gasteiger partial charge < -0.3 is 19.8 Å². The minimum absolute atomic E-state index is 0.143. The van der Waals surface area contributed by atoms with Crippen LogP contribution in [0.3, 0.4) is 0 Å². The number of anilines is 2. The first-order valence-electron chi connectivity index (χ1n) is 11.6. The number of likely N-dealkylation sites (N-methyl/N-ethyl adjacent to an activating group) is 2. The third kappa shape index (κ3) is 7.69. The molecule has 0 bridgehead atoms. The molecule has 0 aromatic heterocycles. The average Bonchev–Trinajstić information content (AvgIpc) is 2.84. The summed E-state index contributed by atoms with van der Waals surface area (Å²) in [6.45, 7) is 4.63. The lowest BCUT2D eigenvalue weighted by Gasteiger charge is -2.23. The van der Waals surface area contributed by atoms with E-state index >= 15 is 0 Å². The van der Waals surface area contributed by atoms with Crippen molar-refractivity contribution in [1.82, 2.24) is 10.2 Å². The average molecular weight is 521 g/mol. The third-order valence-electron chi connectivity index (χ3n) is 5.67. The number of allylic oxidation sites excluding steroid dienone is 2.